The SMILES string of the molecule is C=C(C)C(=O)OCCc1ccc(C)cc1-n1nc2ccccc2n1. The number of hydrogen-bond acceptors (Lipinski definition) is 4. The third-order valence-electron chi connectivity index (χ3n) is 3.70. The minimum atomic E-state index is -0.369. The van der Waals surface area contributed by atoms with Crippen LogP contribution in [0.15, 0.2) is 54.6 Å². The zero-order valence-corrected chi connectivity index (χ0v) is 13.8. The number of fused-ring (bicyclic) bond motifs is 1. The summed E-state index contributed by atoms with van der Waals surface area (Å²) in [5, 5.41) is 9.08. The van der Waals surface area contributed by atoms with Crippen molar-refractivity contribution >= 4 is 17.0 Å². The lowest BCUT2D eigenvalue weighted by Gasteiger charge is -2.10. The van der Waals surface area contributed by atoms with Crippen LogP contribution >= 0.6 is 0 Å². The standard InChI is InChI=1S/C19H19N3O2/c1-13(2)19(23)24-11-10-15-9-8-14(3)12-18(15)22-20-16-6-4-5-7-17(16)21-22/h4-9,12H,1,10-11H2,2-3H3. The van der Waals surface area contributed by atoms with Crippen molar-refractivity contribution < 1.29 is 9.53 Å². The van der Waals surface area contributed by atoms with E-state index in [1.165, 1.54) is 0 Å². The van der Waals surface area contributed by atoms with Crippen LogP contribution < -0.4 is 0 Å². The Morgan fingerprint density at radius 1 is 1.17 bits per heavy atom. The van der Waals surface area contributed by atoms with Crippen LogP contribution in [0.4, 0.5) is 0 Å². The highest BCUT2D eigenvalue weighted by molar-refractivity contribution is 5.86. The van der Waals surface area contributed by atoms with Crippen molar-refractivity contribution in [2.75, 3.05) is 6.61 Å². The summed E-state index contributed by atoms with van der Waals surface area (Å²) in [6.07, 6.45) is 0.590. The lowest BCUT2D eigenvalue weighted by atomic mass is 10.1. The van der Waals surface area contributed by atoms with Gasteiger partial charge < -0.3 is 4.74 Å². The van der Waals surface area contributed by atoms with E-state index in [0.29, 0.717) is 18.6 Å². The van der Waals surface area contributed by atoms with Crippen molar-refractivity contribution in [1.29, 1.82) is 0 Å². The molecule has 0 atom stereocenters. The molecule has 0 aliphatic heterocycles. The van der Waals surface area contributed by atoms with Gasteiger partial charge in [0.25, 0.3) is 0 Å². The van der Waals surface area contributed by atoms with E-state index in [0.717, 1.165) is 27.8 Å². The van der Waals surface area contributed by atoms with E-state index in [4.69, 9.17) is 4.74 Å². The fourth-order valence-corrected chi connectivity index (χ4v) is 2.42. The van der Waals surface area contributed by atoms with Crippen molar-refractivity contribution in [3.8, 4) is 5.69 Å². The first-order chi connectivity index (χ1) is 11.5. The zero-order valence-electron chi connectivity index (χ0n) is 13.8. The molecule has 0 bridgehead atoms. The van der Waals surface area contributed by atoms with Gasteiger partial charge in [-0.2, -0.15) is 4.80 Å². The highest BCUT2D eigenvalue weighted by Gasteiger charge is 2.11. The maximum atomic E-state index is 11.5. The third kappa shape index (κ3) is 3.35. The largest absolute Gasteiger partial charge is 0.462 e. The summed E-state index contributed by atoms with van der Waals surface area (Å²) in [5.74, 6) is -0.369. The van der Waals surface area contributed by atoms with Crippen LogP contribution in [0, 0.1) is 6.92 Å². The fourth-order valence-electron chi connectivity index (χ4n) is 2.42. The van der Waals surface area contributed by atoms with Gasteiger partial charge in [0.2, 0.25) is 0 Å². The highest BCUT2D eigenvalue weighted by Crippen LogP contribution is 2.18. The first-order valence-corrected chi connectivity index (χ1v) is 7.79. The molecular weight excluding hydrogens is 302 g/mol. The molecule has 24 heavy (non-hydrogen) atoms. The summed E-state index contributed by atoms with van der Waals surface area (Å²) in [7, 11) is 0. The van der Waals surface area contributed by atoms with Gasteiger partial charge in [0.05, 0.1) is 12.3 Å². The van der Waals surface area contributed by atoms with Crippen LogP contribution in [0.5, 0.6) is 0 Å². The molecule has 0 saturated heterocycles. The fraction of sp³-hybridized carbons (Fsp3) is 0.211. The van der Waals surface area contributed by atoms with Gasteiger partial charge in [0.1, 0.15) is 11.0 Å². The summed E-state index contributed by atoms with van der Waals surface area (Å²) in [6, 6.07) is 13.8. The number of carbonyl (C=O) groups is 1. The van der Waals surface area contributed by atoms with Gasteiger partial charge in [-0.05, 0) is 43.2 Å². The Morgan fingerprint density at radius 3 is 2.46 bits per heavy atom. The maximum Gasteiger partial charge on any atom is 0.333 e. The Morgan fingerprint density at radius 2 is 1.83 bits per heavy atom. The van der Waals surface area contributed by atoms with Crippen molar-refractivity contribution in [3.63, 3.8) is 0 Å². The lowest BCUT2D eigenvalue weighted by molar-refractivity contribution is -0.138. The molecule has 0 N–H and O–H groups in total. The Labute approximate surface area is 140 Å². The predicted molar refractivity (Wildman–Crippen MR) is 93.1 cm³/mol. The molecule has 1 aromatic heterocycles. The van der Waals surface area contributed by atoms with E-state index in [1.807, 2.05) is 49.4 Å². The zero-order chi connectivity index (χ0) is 17.1. The normalized spacial score (nSPS) is 10.8. The Kier molecular flexibility index (Phi) is 4.42. The number of hydrogen-bond donors (Lipinski definition) is 0. The van der Waals surface area contributed by atoms with Crippen LogP contribution in [0.1, 0.15) is 18.1 Å². The number of aromatic nitrogens is 3. The third-order valence-corrected chi connectivity index (χ3v) is 3.70. The van der Waals surface area contributed by atoms with Gasteiger partial charge in [-0.1, -0.05) is 30.8 Å². The molecule has 2 aromatic carbocycles. The quantitative estimate of drug-likeness (QED) is 0.534. The number of benzene rings is 2. The molecule has 122 valence electrons. The predicted octanol–water partition coefficient (Wildman–Crippen LogP) is 3.39. The second-order valence-corrected chi connectivity index (χ2v) is 5.78. The van der Waals surface area contributed by atoms with Crippen molar-refractivity contribution in [2.45, 2.75) is 20.3 Å². The number of rotatable bonds is 5. The minimum absolute atomic E-state index is 0.294. The number of ether oxygens (including phenoxy) is 1. The molecule has 3 rings (SSSR count). The second kappa shape index (κ2) is 6.66. The molecule has 3 aromatic rings. The molecule has 0 amide bonds. The molecule has 0 fully saturated rings. The topological polar surface area (TPSA) is 57.0 Å². The van der Waals surface area contributed by atoms with E-state index in [9.17, 15) is 4.79 Å². The average Bonchev–Trinajstić information content (AvgIpc) is 2.99. The molecule has 0 saturated carbocycles. The first kappa shape index (κ1) is 15.9. The van der Waals surface area contributed by atoms with Gasteiger partial charge in [-0.25, -0.2) is 4.79 Å². The maximum absolute atomic E-state index is 11.5. The summed E-state index contributed by atoms with van der Waals surface area (Å²) < 4.78 is 5.20. The average molecular weight is 321 g/mol. The van der Waals surface area contributed by atoms with Gasteiger partial charge in [-0.15, -0.1) is 10.2 Å². The van der Waals surface area contributed by atoms with Gasteiger partial charge in [-0.3, -0.25) is 0 Å². The molecular formula is C19H19N3O2. The monoisotopic (exact) mass is 321 g/mol. The molecule has 5 nitrogen and oxygen atoms in total. The molecule has 0 aliphatic carbocycles. The lowest BCUT2D eigenvalue weighted by Crippen LogP contribution is -2.10. The molecule has 0 spiro atoms. The van der Waals surface area contributed by atoms with Crippen LogP contribution in [0.3, 0.4) is 0 Å². The van der Waals surface area contributed by atoms with Crippen LogP contribution in [0.25, 0.3) is 16.7 Å². The summed E-state index contributed by atoms with van der Waals surface area (Å²) in [5.41, 5.74) is 5.14. The Balaban J connectivity index is 1.88. The first-order valence-electron chi connectivity index (χ1n) is 7.79. The van der Waals surface area contributed by atoms with Gasteiger partial charge in [0, 0.05) is 12.0 Å². The Hall–Kier alpha value is -2.95. The molecule has 0 unspecified atom stereocenters. The molecule has 1 heterocycles. The Bertz CT molecular complexity index is 879. The van der Waals surface area contributed by atoms with E-state index in [2.05, 4.69) is 16.8 Å². The second-order valence-electron chi connectivity index (χ2n) is 5.78. The van der Waals surface area contributed by atoms with Crippen LogP contribution in [0.2, 0.25) is 0 Å². The van der Waals surface area contributed by atoms with E-state index in [-0.39, 0.29) is 5.97 Å². The number of aryl methyl sites for hydroxylation is 1. The van der Waals surface area contributed by atoms with Crippen molar-refractivity contribution in [2.24, 2.45) is 0 Å². The van der Waals surface area contributed by atoms with Crippen molar-refractivity contribution in [1.82, 2.24) is 15.0 Å². The van der Waals surface area contributed by atoms with E-state index < -0.39 is 0 Å². The number of nitrogens with zero attached hydrogens (tertiary/aromatic N) is 3. The number of esters is 1. The van der Waals surface area contributed by atoms with E-state index >= 15 is 0 Å². The summed E-state index contributed by atoms with van der Waals surface area (Å²) in [6.45, 7) is 7.54. The molecule has 0 radical (unpaired) electrons. The highest BCUT2D eigenvalue weighted by atomic mass is 16.5. The van der Waals surface area contributed by atoms with Crippen LogP contribution in [-0.4, -0.2) is 27.6 Å². The molecule has 5 heteroatoms. The molecule has 0 aliphatic rings. The number of carbonyl (C=O) groups excluding carboxylic acids is 1. The smallest absolute Gasteiger partial charge is 0.333 e. The van der Waals surface area contributed by atoms with Crippen LogP contribution in [-0.2, 0) is 16.0 Å². The van der Waals surface area contributed by atoms with Gasteiger partial charge in [0.15, 0.2) is 0 Å². The van der Waals surface area contributed by atoms with Crippen molar-refractivity contribution in [3.05, 3.63) is 65.7 Å². The summed E-state index contributed by atoms with van der Waals surface area (Å²) >= 11 is 0. The van der Waals surface area contributed by atoms with Gasteiger partial charge >= 0.3 is 5.97 Å². The summed E-state index contributed by atoms with van der Waals surface area (Å²) in [4.78, 5) is 13.2. The van der Waals surface area contributed by atoms with E-state index in [1.54, 1.807) is 11.7 Å². The minimum Gasteiger partial charge on any atom is -0.462 e.